The molecule has 13 heavy (non-hydrogen) atoms. The molecule has 1 unspecified atom stereocenters. The van der Waals surface area contributed by atoms with Crippen molar-refractivity contribution in [1.82, 2.24) is 0 Å². The summed E-state index contributed by atoms with van der Waals surface area (Å²) >= 11 is 4.87. The van der Waals surface area contributed by atoms with Gasteiger partial charge in [0, 0.05) is 4.88 Å². The van der Waals surface area contributed by atoms with E-state index in [1.807, 2.05) is 12.1 Å². The second-order valence-electron chi connectivity index (χ2n) is 3.30. The number of halogens is 1. The van der Waals surface area contributed by atoms with E-state index in [0.29, 0.717) is 5.92 Å². The molecule has 1 aliphatic rings. The van der Waals surface area contributed by atoms with Crippen molar-refractivity contribution in [3.05, 3.63) is 20.8 Å². The Hall–Kier alpha value is -0.350. The van der Waals surface area contributed by atoms with Gasteiger partial charge in [0.25, 0.3) is 0 Å². The van der Waals surface area contributed by atoms with E-state index in [1.165, 1.54) is 11.3 Å². The van der Waals surface area contributed by atoms with Crippen LogP contribution in [0.4, 0.5) is 0 Å². The van der Waals surface area contributed by atoms with E-state index >= 15 is 0 Å². The molecular formula is C9H9BrO2S. The van der Waals surface area contributed by atoms with Crippen LogP contribution < -0.4 is 0 Å². The van der Waals surface area contributed by atoms with E-state index in [0.717, 1.165) is 21.5 Å². The van der Waals surface area contributed by atoms with Crippen LogP contribution in [0.2, 0.25) is 0 Å². The van der Waals surface area contributed by atoms with Gasteiger partial charge in [-0.2, -0.15) is 0 Å². The Bertz CT molecular complexity index is 330. The van der Waals surface area contributed by atoms with Gasteiger partial charge in [0.05, 0.1) is 9.70 Å². The molecule has 0 aromatic carbocycles. The SMILES string of the molecule is O=C(O)C(c1ccc(Br)s1)C1CC1. The van der Waals surface area contributed by atoms with Gasteiger partial charge >= 0.3 is 5.97 Å². The van der Waals surface area contributed by atoms with Crippen molar-refractivity contribution in [3.8, 4) is 0 Å². The molecule has 1 saturated carbocycles. The average Bonchev–Trinajstić information content (AvgIpc) is 2.76. The molecule has 2 nitrogen and oxygen atoms in total. The standard InChI is InChI=1S/C9H9BrO2S/c10-7-4-3-6(13-7)8(9(11)12)5-1-2-5/h3-5,8H,1-2H2,(H,11,12). The van der Waals surface area contributed by atoms with Gasteiger partial charge < -0.3 is 5.11 Å². The van der Waals surface area contributed by atoms with E-state index in [2.05, 4.69) is 15.9 Å². The van der Waals surface area contributed by atoms with Crippen molar-refractivity contribution in [1.29, 1.82) is 0 Å². The second kappa shape index (κ2) is 3.42. The summed E-state index contributed by atoms with van der Waals surface area (Å²) in [5.74, 6) is -0.573. The highest BCUT2D eigenvalue weighted by molar-refractivity contribution is 9.11. The predicted molar refractivity (Wildman–Crippen MR) is 55.1 cm³/mol. The number of rotatable bonds is 3. The first-order valence-corrected chi connectivity index (χ1v) is 5.77. The molecule has 0 radical (unpaired) electrons. The number of carbonyl (C=O) groups is 1. The maximum absolute atomic E-state index is 11.0. The van der Waals surface area contributed by atoms with Crippen LogP contribution in [0, 0.1) is 5.92 Å². The second-order valence-corrected chi connectivity index (χ2v) is 5.79. The Morgan fingerprint density at radius 3 is 2.69 bits per heavy atom. The van der Waals surface area contributed by atoms with Crippen LogP contribution in [-0.2, 0) is 4.79 Å². The Balaban J connectivity index is 2.24. The van der Waals surface area contributed by atoms with Gasteiger partial charge in [0.2, 0.25) is 0 Å². The molecule has 0 aliphatic heterocycles. The van der Waals surface area contributed by atoms with Gasteiger partial charge in [-0.1, -0.05) is 0 Å². The molecule has 0 bridgehead atoms. The molecule has 1 aromatic heterocycles. The summed E-state index contributed by atoms with van der Waals surface area (Å²) in [5.41, 5.74) is 0. The normalized spacial score (nSPS) is 18.5. The lowest BCUT2D eigenvalue weighted by molar-refractivity contribution is -0.139. The molecule has 1 aliphatic carbocycles. The van der Waals surface area contributed by atoms with Gasteiger partial charge in [-0.05, 0) is 46.8 Å². The molecule has 1 heterocycles. The van der Waals surface area contributed by atoms with Crippen LogP contribution in [0.15, 0.2) is 15.9 Å². The summed E-state index contributed by atoms with van der Waals surface area (Å²) in [5, 5.41) is 9.04. The van der Waals surface area contributed by atoms with Crippen molar-refractivity contribution >= 4 is 33.2 Å². The first kappa shape index (κ1) is 9.21. The van der Waals surface area contributed by atoms with Gasteiger partial charge in [-0.25, -0.2) is 0 Å². The van der Waals surface area contributed by atoms with Crippen molar-refractivity contribution in [2.45, 2.75) is 18.8 Å². The van der Waals surface area contributed by atoms with Crippen LogP contribution in [0.3, 0.4) is 0 Å². The summed E-state index contributed by atoms with van der Waals surface area (Å²) in [4.78, 5) is 12.0. The molecule has 1 atom stereocenters. The maximum Gasteiger partial charge on any atom is 0.312 e. The average molecular weight is 261 g/mol. The number of hydrogen-bond donors (Lipinski definition) is 1. The highest BCUT2D eigenvalue weighted by Crippen LogP contribution is 2.45. The van der Waals surface area contributed by atoms with Crippen LogP contribution in [0.25, 0.3) is 0 Å². The molecule has 1 N–H and O–H groups in total. The lowest BCUT2D eigenvalue weighted by Crippen LogP contribution is -2.11. The highest BCUT2D eigenvalue weighted by Gasteiger charge is 2.38. The third-order valence-corrected chi connectivity index (χ3v) is 3.97. The molecule has 0 saturated heterocycles. The van der Waals surface area contributed by atoms with Crippen molar-refractivity contribution in [2.24, 2.45) is 5.92 Å². The first-order chi connectivity index (χ1) is 6.18. The number of thiophene rings is 1. The number of carboxylic acids is 1. The van der Waals surface area contributed by atoms with Gasteiger partial charge in [0.15, 0.2) is 0 Å². The Morgan fingerprint density at radius 2 is 2.31 bits per heavy atom. The van der Waals surface area contributed by atoms with Crippen molar-refractivity contribution < 1.29 is 9.90 Å². The summed E-state index contributed by atoms with van der Waals surface area (Å²) in [6, 6.07) is 3.82. The lowest BCUT2D eigenvalue weighted by Gasteiger charge is -2.07. The number of hydrogen-bond acceptors (Lipinski definition) is 2. The molecule has 0 spiro atoms. The molecule has 2 rings (SSSR count). The minimum absolute atomic E-state index is 0.267. The molecule has 1 fully saturated rings. The Morgan fingerprint density at radius 1 is 1.62 bits per heavy atom. The fraction of sp³-hybridized carbons (Fsp3) is 0.444. The minimum atomic E-state index is -0.683. The zero-order valence-corrected chi connectivity index (χ0v) is 9.27. The fourth-order valence-electron chi connectivity index (χ4n) is 1.48. The zero-order chi connectivity index (χ0) is 9.42. The zero-order valence-electron chi connectivity index (χ0n) is 6.87. The summed E-state index contributed by atoms with van der Waals surface area (Å²) in [6.45, 7) is 0. The number of aliphatic carboxylic acids is 1. The summed E-state index contributed by atoms with van der Waals surface area (Å²) in [6.07, 6.45) is 2.12. The topological polar surface area (TPSA) is 37.3 Å². The van der Waals surface area contributed by atoms with E-state index < -0.39 is 5.97 Å². The highest BCUT2D eigenvalue weighted by atomic mass is 79.9. The third kappa shape index (κ3) is 1.94. The van der Waals surface area contributed by atoms with E-state index in [-0.39, 0.29) is 5.92 Å². The van der Waals surface area contributed by atoms with Crippen LogP contribution in [0.1, 0.15) is 23.6 Å². The Labute approximate surface area is 88.7 Å². The van der Waals surface area contributed by atoms with E-state index in [4.69, 9.17) is 5.11 Å². The molecule has 4 heteroatoms. The molecule has 0 amide bonds. The van der Waals surface area contributed by atoms with E-state index in [9.17, 15) is 4.79 Å². The lowest BCUT2D eigenvalue weighted by atomic mass is 10.0. The van der Waals surface area contributed by atoms with Crippen LogP contribution in [0.5, 0.6) is 0 Å². The maximum atomic E-state index is 11.0. The van der Waals surface area contributed by atoms with E-state index in [1.54, 1.807) is 0 Å². The largest absolute Gasteiger partial charge is 0.481 e. The fourth-order valence-corrected chi connectivity index (χ4v) is 3.09. The molecule has 70 valence electrons. The minimum Gasteiger partial charge on any atom is -0.481 e. The summed E-state index contributed by atoms with van der Waals surface area (Å²) < 4.78 is 1.01. The van der Waals surface area contributed by atoms with Gasteiger partial charge in [-0.3, -0.25) is 4.79 Å². The van der Waals surface area contributed by atoms with Crippen molar-refractivity contribution in [2.75, 3.05) is 0 Å². The quantitative estimate of drug-likeness (QED) is 0.907. The van der Waals surface area contributed by atoms with Gasteiger partial charge in [0.1, 0.15) is 0 Å². The number of carboxylic acid groups (broad SMARTS) is 1. The first-order valence-electron chi connectivity index (χ1n) is 4.16. The monoisotopic (exact) mass is 260 g/mol. The van der Waals surface area contributed by atoms with Gasteiger partial charge in [-0.15, -0.1) is 11.3 Å². The molecular weight excluding hydrogens is 252 g/mol. The third-order valence-electron chi connectivity index (χ3n) is 2.26. The van der Waals surface area contributed by atoms with Crippen LogP contribution in [-0.4, -0.2) is 11.1 Å². The smallest absolute Gasteiger partial charge is 0.312 e. The molecule has 1 aromatic rings. The summed E-state index contributed by atoms with van der Waals surface area (Å²) in [7, 11) is 0. The van der Waals surface area contributed by atoms with Crippen LogP contribution >= 0.6 is 27.3 Å². The van der Waals surface area contributed by atoms with Crippen molar-refractivity contribution in [3.63, 3.8) is 0 Å². The Kier molecular flexibility index (Phi) is 2.43. The predicted octanol–water partition coefficient (Wildman–Crippen LogP) is 3.09.